The minimum absolute atomic E-state index is 0.00517. The van der Waals surface area contributed by atoms with Crippen LogP contribution >= 0.6 is 0 Å². The predicted octanol–water partition coefficient (Wildman–Crippen LogP) is 1.64. The van der Waals surface area contributed by atoms with Crippen LogP contribution in [0.3, 0.4) is 0 Å². The molecule has 2 aromatic carbocycles. The van der Waals surface area contributed by atoms with E-state index in [-0.39, 0.29) is 6.54 Å². The van der Waals surface area contributed by atoms with Crippen molar-refractivity contribution in [1.29, 1.82) is 0 Å². The van der Waals surface area contributed by atoms with Crippen LogP contribution in [0.5, 0.6) is 0 Å². The van der Waals surface area contributed by atoms with Crippen LogP contribution in [-0.4, -0.2) is 52.0 Å². The molecule has 0 spiro atoms. The third-order valence-corrected chi connectivity index (χ3v) is 4.30. The minimum atomic E-state index is -0.975. The fraction of sp³-hybridized carbons (Fsp3) is 0.200. The van der Waals surface area contributed by atoms with E-state index in [9.17, 15) is 19.2 Å². The summed E-state index contributed by atoms with van der Waals surface area (Å²) in [4.78, 5) is 52.2. The van der Waals surface area contributed by atoms with Crippen LogP contribution in [-0.2, 0) is 27.5 Å². The lowest BCUT2D eigenvalue weighted by atomic mass is 10.2. The molecule has 7 heteroatoms. The lowest BCUT2D eigenvalue weighted by molar-refractivity contribution is -0.145. The molecule has 27 heavy (non-hydrogen) atoms. The summed E-state index contributed by atoms with van der Waals surface area (Å²) in [6.45, 7) is -0.121. The van der Waals surface area contributed by atoms with E-state index in [2.05, 4.69) is 0 Å². The van der Waals surface area contributed by atoms with E-state index < -0.39 is 30.3 Å². The molecule has 0 unspecified atom stereocenters. The molecule has 1 aliphatic heterocycles. The number of likely N-dealkylation sites (N-methyl/N-ethyl adjacent to an activating group) is 1. The minimum Gasteiger partial charge on any atom is -0.340 e. The number of benzene rings is 2. The highest BCUT2D eigenvalue weighted by molar-refractivity contribution is 6.44. The van der Waals surface area contributed by atoms with Gasteiger partial charge in [-0.3, -0.25) is 19.3 Å². The van der Waals surface area contributed by atoms with Gasteiger partial charge in [-0.05, 0) is 11.1 Å². The van der Waals surface area contributed by atoms with Gasteiger partial charge in [-0.15, -0.1) is 0 Å². The smallest absolute Gasteiger partial charge is 0.335 e. The van der Waals surface area contributed by atoms with Gasteiger partial charge in [0, 0.05) is 13.6 Å². The van der Waals surface area contributed by atoms with Crippen LogP contribution in [0.25, 0.3) is 0 Å². The van der Waals surface area contributed by atoms with Crippen molar-refractivity contribution in [1.82, 2.24) is 14.7 Å². The molecule has 0 bridgehead atoms. The summed E-state index contributed by atoms with van der Waals surface area (Å²) in [5.74, 6) is -2.31. The molecule has 0 saturated carbocycles. The molecule has 0 N–H and O–H groups in total. The molecule has 3 rings (SSSR count). The Bertz CT molecular complexity index is 867. The Morgan fingerprint density at radius 3 is 1.93 bits per heavy atom. The molecule has 138 valence electrons. The molecular formula is C20H19N3O4. The number of imide groups is 2. The van der Waals surface area contributed by atoms with Crippen molar-refractivity contribution in [2.45, 2.75) is 13.1 Å². The molecule has 1 saturated heterocycles. The summed E-state index contributed by atoms with van der Waals surface area (Å²) in [6, 6.07) is 17.5. The quantitative estimate of drug-likeness (QED) is 0.576. The third kappa shape index (κ3) is 4.03. The van der Waals surface area contributed by atoms with E-state index in [0.29, 0.717) is 11.4 Å². The van der Waals surface area contributed by atoms with Crippen molar-refractivity contribution in [2.24, 2.45) is 0 Å². The Labute approximate surface area is 156 Å². The largest absolute Gasteiger partial charge is 0.340 e. The lowest BCUT2D eigenvalue weighted by Crippen LogP contribution is -2.41. The molecule has 0 aromatic heterocycles. The van der Waals surface area contributed by atoms with Gasteiger partial charge in [0.1, 0.15) is 6.54 Å². The summed E-state index contributed by atoms with van der Waals surface area (Å²) < 4.78 is 0. The number of carbonyl (C=O) groups excluding carboxylic acids is 4. The van der Waals surface area contributed by atoms with Gasteiger partial charge in [-0.1, -0.05) is 60.7 Å². The highest BCUT2D eigenvalue weighted by Crippen LogP contribution is 2.16. The van der Waals surface area contributed by atoms with Gasteiger partial charge in [-0.2, -0.15) is 0 Å². The van der Waals surface area contributed by atoms with E-state index in [1.165, 1.54) is 4.90 Å². The molecule has 0 radical (unpaired) electrons. The van der Waals surface area contributed by atoms with E-state index in [0.717, 1.165) is 16.0 Å². The van der Waals surface area contributed by atoms with Gasteiger partial charge >= 0.3 is 17.8 Å². The first-order valence-electron chi connectivity index (χ1n) is 8.46. The molecule has 7 nitrogen and oxygen atoms in total. The topological polar surface area (TPSA) is 78.0 Å². The molecule has 0 aliphatic carbocycles. The molecule has 1 heterocycles. The highest BCUT2D eigenvalue weighted by atomic mass is 16.2. The molecule has 1 fully saturated rings. The Hall–Kier alpha value is -3.48. The van der Waals surface area contributed by atoms with Crippen molar-refractivity contribution in [3.8, 4) is 0 Å². The van der Waals surface area contributed by atoms with E-state index in [1.54, 1.807) is 31.3 Å². The van der Waals surface area contributed by atoms with Crippen molar-refractivity contribution in [3.63, 3.8) is 0 Å². The lowest BCUT2D eigenvalue weighted by Gasteiger charge is -2.20. The average molecular weight is 365 g/mol. The van der Waals surface area contributed by atoms with Crippen molar-refractivity contribution in [2.75, 3.05) is 13.6 Å². The Kier molecular flexibility index (Phi) is 5.30. The second-order valence-corrected chi connectivity index (χ2v) is 6.29. The molecule has 5 amide bonds. The van der Waals surface area contributed by atoms with E-state index >= 15 is 0 Å². The van der Waals surface area contributed by atoms with Crippen LogP contribution < -0.4 is 0 Å². The van der Waals surface area contributed by atoms with Gasteiger partial charge in [0.15, 0.2) is 0 Å². The van der Waals surface area contributed by atoms with Crippen LogP contribution in [0.2, 0.25) is 0 Å². The third-order valence-electron chi connectivity index (χ3n) is 4.30. The SMILES string of the molecule is CN(Cc1ccccc1)C(=O)CN1C(=O)C(=O)N(Cc2ccccc2)C1=O. The standard InChI is InChI=1S/C20H19N3O4/c1-21(12-15-8-4-2-5-9-15)17(24)14-23-19(26)18(25)22(20(23)27)13-16-10-6-3-7-11-16/h2-11H,12-14H2,1H3. The normalized spacial score (nSPS) is 14.0. The number of rotatable bonds is 6. The molecular weight excluding hydrogens is 346 g/mol. The number of amides is 5. The maximum Gasteiger partial charge on any atom is 0.335 e. The Morgan fingerprint density at radius 2 is 1.33 bits per heavy atom. The monoisotopic (exact) mass is 365 g/mol. The first kappa shape index (κ1) is 18.3. The van der Waals surface area contributed by atoms with Crippen LogP contribution in [0.1, 0.15) is 11.1 Å². The Balaban J connectivity index is 1.65. The van der Waals surface area contributed by atoms with Crippen molar-refractivity contribution < 1.29 is 19.2 Å². The van der Waals surface area contributed by atoms with Gasteiger partial charge in [0.25, 0.3) is 0 Å². The summed E-state index contributed by atoms with van der Waals surface area (Å²) >= 11 is 0. The zero-order chi connectivity index (χ0) is 19.4. The maximum atomic E-state index is 12.5. The van der Waals surface area contributed by atoms with Crippen LogP contribution in [0.15, 0.2) is 60.7 Å². The van der Waals surface area contributed by atoms with Crippen molar-refractivity contribution >= 4 is 23.8 Å². The molecule has 2 aromatic rings. The van der Waals surface area contributed by atoms with Gasteiger partial charge in [0.2, 0.25) is 5.91 Å². The summed E-state index contributed by atoms with van der Waals surface area (Å²) in [5, 5.41) is 0. The second-order valence-electron chi connectivity index (χ2n) is 6.29. The number of hydrogen-bond donors (Lipinski definition) is 0. The Morgan fingerprint density at radius 1 is 0.815 bits per heavy atom. The first-order valence-corrected chi connectivity index (χ1v) is 8.46. The molecule has 1 aliphatic rings. The molecule has 0 atom stereocenters. The van der Waals surface area contributed by atoms with Crippen LogP contribution in [0, 0.1) is 0 Å². The fourth-order valence-corrected chi connectivity index (χ4v) is 2.80. The van der Waals surface area contributed by atoms with Gasteiger partial charge in [0.05, 0.1) is 6.54 Å². The summed E-state index contributed by atoms with van der Waals surface area (Å²) in [7, 11) is 1.59. The number of carbonyl (C=O) groups is 4. The summed E-state index contributed by atoms with van der Waals surface area (Å²) in [6.07, 6.45) is 0. The summed E-state index contributed by atoms with van der Waals surface area (Å²) in [5.41, 5.74) is 1.65. The number of urea groups is 1. The van der Waals surface area contributed by atoms with E-state index in [4.69, 9.17) is 0 Å². The maximum absolute atomic E-state index is 12.5. The van der Waals surface area contributed by atoms with Gasteiger partial charge in [-0.25, -0.2) is 9.69 Å². The fourth-order valence-electron chi connectivity index (χ4n) is 2.80. The zero-order valence-electron chi connectivity index (χ0n) is 14.9. The average Bonchev–Trinajstić information content (AvgIpc) is 2.87. The number of hydrogen-bond acceptors (Lipinski definition) is 4. The number of nitrogens with zero attached hydrogens (tertiary/aromatic N) is 3. The second kappa shape index (κ2) is 7.82. The van der Waals surface area contributed by atoms with E-state index in [1.807, 2.05) is 36.4 Å². The highest BCUT2D eigenvalue weighted by Gasteiger charge is 2.45. The zero-order valence-corrected chi connectivity index (χ0v) is 14.9. The first-order chi connectivity index (χ1) is 13.0. The van der Waals surface area contributed by atoms with Gasteiger partial charge < -0.3 is 4.90 Å². The van der Waals surface area contributed by atoms with Crippen molar-refractivity contribution in [3.05, 3.63) is 71.8 Å². The predicted molar refractivity (Wildman–Crippen MR) is 97.0 cm³/mol. The van der Waals surface area contributed by atoms with Crippen LogP contribution in [0.4, 0.5) is 4.79 Å².